The van der Waals surface area contributed by atoms with Gasteiger partial charge in [0, 0.05) is 18.3 Å². The molecule has 160 valence electrons. The Hall–Kier alpha value is -2.73. The molecule has 0 spiro atoms. The Kier molecular flexibility index (Phi) is 7.21. The molecule has 0 aromatic heterocycles. The third-order valence-electron chi connectivity index (χ3n) is 4.96. The smallest absolute Gasteiger partial charge is 0.416 e. The SMILES string of the molecule is CC1CC=CC(CN(CC(O)C(F)(F)F)c2cccc(Oc3ccccc3)c2)=CC1. The normalized spacial score (nSPS) is 17.8. The van der Waals surface area contributed by atoms with Gasteiger partial charge in [-0.2, -0.15) is 13.2 Å². The number of aliphatic hydroxyl groups excluding tert-OH is 1. The van der Waals surface area contributed by atoms with E-state index in [0.717, 1.165) is 18.4 Å². The second-order valence-corrected chi connectivity index (χ2v) is 7.61. The standard InChI is InChI=1S/C24H26F3NO2/c1-18-7-5-8-19(14-13-18)16-28(17-23(29)24(25,26)27)20-9-6-12-22(15-20)30-21-10-3-2-4-11-21/h2-6,8-12,14-15,18,23,29H,7,13,16-17H2,1H3. The molecule has 1 N–H and O–H groups in total. The highest BCUT2D eigenvalue weighted by Gasteiger charge is 2.39. The van der Waals surface area contributed by atoms with Crippen molar-refractivity contribution in [2.45, 2.75) is 32.0 Å². The van der Waals surface area contributed by atoms with Crippen LogP contribution in [-0.2, 0) is 0 Å². The highest BCUT2D eigenvalue weighted by Crippen LogP contribution is 2.29. The van der Waals surface area contributed by atoms with Gasteiger partial charge in [-0.25, -0.2) is 0 Å². The van der Waals surface area contributed by atoms with Crippen molar-refractivity contribution in [1.82, 2.24) is 0 Å². The summed E-state index contributed by atoms with van der Waals surface area (Å²) >= 11 is 0. The first-order valence-electron chi connectivity index (χ1n) is 9.99. The van der Waals surface area contributed by atoms with Gasteiger partial charge in [0.1, 0.15) is 11.5 Å². The van der Waals surface area contributed by atoms with Crippen molar-refractivity contribution in [3.05, 3.63) is 78.4 Å². The highest BCUT2D eigenvalue weighted by molar-refractivity contribution is 5.53. The third kappa shape index (κ3) is 6.39. The van der Waals surface area contributed by atoms with E-state index in [-0.39, 0.29) is 6.54 Å². The number of ether oxygens (including phenoxy) is 1. The number of aliphatic hydroxyl groups is 1. The minimum atomic E-state index is -4.68. The second-order valence-electron chi connectivity index (χ2n) is 7.61. The number of allylic oxidation sites excluding steroid dienone is 2. The largest absolute Gasteiger partial charge is 0.457 e. The van der Waals surface area contributed by atoms with Crippen LogP contribution >= 0.6 is 0 Å². The summed E-state index contributed by atoms with van der Waals surface area (Å²) in [6, 6.07) is 16.1. The van der Waals surface area contributed by atoms with E-state index < -0.39 is 18.8 Å². The number of anilines is 1. The average molecular weight is 417 g/mol. The first kappa shape index (κ1) is 22.0. The fraction of sp³-hybridized carbons (Fsp3) is 0.333. The number of rotatable bonds is 7. The van der Waals surface area contributed by atoms with Crippen molar-refractivity contribution in [1.29, 1.82) is 0 Å². The van der Waals surface area contributed by atoms with Crippen LogP contribution in [0.4, 0.5) is 18.9 Å². The van der Waals surface area contributed by atoms with Gasteiger partial charge in [-0.1, -0.05) is 49.4 Å². The Balaban J connectivity index is 1.84. The van der Waals surface area contributed by atoms with Gasteiger partial charge in [-0.3, -0.25) is 0 Å². The Morgan fingerprint density at radius 1 is 1.07 bits per heavy atom. The van der Waals surface area contributed by atoms with Crippen LogP contribution in [0, 0.1) is 5.92 Å². The molecule has 0 fully saturated rings. The van der Waals surface area contributed by atoms with Gasteiger partial charge >= 0.3 is 6.18 Å². The van der Waals surface area contributed by atoms with Crippen molar-refractivity contribution in [3.8, 4) is 11.5 Å². The summed E-state index contributed by atoms with van der Waals surface area (Å²) in [4.78, 5) is 1.54. The monoisotopic (exact) mass is 417 g/mol. The predicted octanol–water partition coefficient (Wildman–Crippen LogP) is 6.12. The molecule has 1 aliphatic carbocycles. The molecule has 0 aliphatic heterocycles. The Morgan fingerprint density at radius 2 is 1.80 bits per heavy atom. The topological polar surface area (TPSA) is 32.7 Å². The molecular formula is C24H26F3NO2. The Bertz CT molecular complexity index is 878. The zero-order chi connectivity index (χ0) is 21.6. The Labute approximate surface area is 175 Å². The van der Waals surface area contributed by atoms with Crippen molar-refractivity contribution < 1.29 is 23.0 Å². The number of hydrogen-bond acceptors (Lipinski definition) is 3. The van der Waals surface area contributed by atoms with Crippen LogP contribution in [0.5, 0.6) is 11.5 Å². The lowest BCUT2D eigenvalue weighted by Crippen LogP contribution is -2.41. The van der Waals surface area contributed by atoms with Gasteiger partial charge in [0.25, 0.3) is 0 Å². The summed E-state index contributed by atoms with van der Waals surface area (Å²) in [5.74, 6) is 1.65. The molecule has 2 aromatic carbocycles. The molecule has 0 bridgehead atoms. The van der Waals surface area contributed by atoms with Gasteiger partial charge < -0.3 is 14.7 Å². The number of hydrogen-bond donors (Lipinski definition) is 1. The first-order valence-corrected chi connectivity index (χ1v) is 9.99. The molecule has 1 aliphatic rings. The lowest BCUT2D eigenvalue weighted by atomic mass is 10.1. The molecule has 3 rings (SSSR count). The third-order valence-corrected chi connectivity index (χ3v) is 4.96. The average Bonchev–Trinajstić information content (AvgIpc) is 2.92. The summed E-state index contributed by atoms with van der Waals surface area (Å²) in [6.07, 6.45) is 0.757. The van der Waals surface area contributed by atoms with Crippen LogP contribution in [-0.4, -0.2) is 30.5 Å². The van der Waals surface area contributed by atoms with Crippen LogP contribution in [0.3, 0.4) is 0 Å². The highest BCUT2D eigenvalue weighted by atomic mass is 19.4. The molecule has 0 heterocycles. The van der Waals surface area contributed by atoms with Crippen molar-refractivity contribution in [2.24, 2.45) is 5.92 Å². The molecule has 6 heteroatoms. The second kappa shape index (κ2) is 9.85. The van der Waals surface area contributed by atoms with E-state index in [1.165, 1.54) is 0 Å². The van der Waals surface area contributed by atoms with E-state index in [9.17, 15) is 18.3 Å². The van der Waals surface area contributed by atoms with Crippen LogP contribution in [0.15, 0.2) is 78.4 Å². The summed E-state index contributed by atoms with van der Waals surface area (Å²) in [5, 5.41) is 9.71. The molecule has 2 atom stereocenters. The molecule has 0 saturated heterocycles. The Morgan fingerprint density at radius 3 is 2.53 bits per heavy atom. The quantitative estimate of drug-likeness (QED) is 0.589. The van der Waals surface area contributed by atoms with Gasteiger partial charge in [-0.15, -0.1) is 0 Å². The predicted molar refractivity (Wildman–Crippen MR) is 113 cm³/mol. The van der Waals surface area contributed by atoms with Crippen LogP contribution in [0.1, 0.15) is 19.8 Å². The lowest BCUT2D eigenvalue weighted by Gasteiger charge is -2.29. The zero-order valence-electron chi connectivity index (χ0n) is 16.8. The summed E-state index contributed by atoms with van der Waals surface area (Å²) in [7, 11) is 0. The number of halogens is 3. The van der Waals surface area contributed by atoms with E-state index in [1.807, 2.05) is 24.3 Å². The van der Waals surface area contributed by atoms with Crippen LogP contribution < -0.4 is 9.64 Å². The van der Waals surface area contributed by atoms with Gasteiger partial charge in [0.15, 0.2) is 6.10 Å². The molecule has 0 amide bonds. The molecule has 0 saturated carbocycles. The van der Waals surface area contributed by atoms with Crippen molar-refractivity contribution >= 4 is 5.69 Å². The molecule has 2 unspecified atom stereocenters. The molecule has 0 radical (unpaired) electrons. The first-order chi connectivity index (χ1) is 14.3. The number of para-hydroxylation sites is 1. The fourth-order valence-electron chi connectivity index (χ4n) is 3.25. The molecule has 3 nitrogen and oxygen atoms in total. The van der Waals surface area contributed by atoms with Crippen LogP contribution in [0.25, 0.3) is 0 Å². The maximum atomic E-state index is 13.1. The minimum Gasteiger partial charge on any atom is -0.457 e. The number of alkyl halides is 3. The maximum Gasteiger partial charge on any atom is 0.416 e. The van der Waals surface area contributed by atoms with Gasteiger partial charge in [-0.05, 0) is 48.6 Å². The lowest BCUT2D eigenvalue weighted by molar-refractivity contribution is -0.200. The zero-order valence-corrected chi connectivity index (χ0v) is 16.8. The van der Waals surface area contributed by atoms with E-state index in [1.54, 1.807) is 41.3 Å². The van der Waals surface area contributed by atoms with Crippen LogP contribution in [0.2, 0.25) is 0 Å². The summed E-state index contributed by atoms with van der Waals surface area (Å²) in [5.41, 5.74) is 1.49. The molecular weight excluding hydrogens is 391 g/mol. The van der Waals surface area contributed by atoms with E-state index in [4.69, 9.17) is 4.74 Å². The van der Waals surface area contributed by atoms with Gasteiger partial charge in [0.2, 0.25) is 0 Å². The molecule has 2 aromatic rings. The fourth-order valence-corrected chi connectivity index (χ4v) is 3.25. The maximum absolute atomic E-state index is 13.1. The number of nitrogens with zero attached hydrogens (tertiary/aromatic N) is 1. The van der Waals surface area contributed by atoms with Crippen molar-refractivity contribution in [3.63, 3.8) is 0 Å². The van der Waals surface area contributed by atoms with Crippen molar-refractivity contribution in [2.75, 3.05) is 18.0 Å². The summed E-state index contributed by atoms with van der Waals surface area (Å²) < 4.78 is 45.0. The molecule has 30 heavy (non-hydrogen) atoms. The summed E-state index contributed by atoms with van der Waals surface area (Å²) in [6.45, 7) is 1.85. The van der Waals surface area contributed by atoms with Gasteiger partial charge in [0.05, 0.1) is 6.54 Å². The number of benzene rings is 2. The minimum absolute atomic E-state index is 0.269. The van der Waals surface area contributed by atoms with E-state index >= 15 is 0 Å². The van der Waals surface area contributed by atoms with E-state index in [2.05, 4.69) is 19.1 Å². The van der Waals surface area contributed by atoms with E-state index in [0.29, 0.717) is 23.1 Å².